The smallest absolute Gasteiger partial charge is 0.315 e. The van der Waals surface area contributed by atoms with Crippen molar-refractivity contribution in [1.82, 2.24) is 20.4 Å². The maximum absolute atomic E-state index is 11.8. The Labute approximate surface area is 123 Å². The van der Waals surface area contributed by atoms with Crippen molar-refractivity contribution < 1.29 is 9.90 Å². The lowest BCUT2D eigenvalue weighted by molar-refractivity contribution is 0.216. The van der Waals surface area contributed by atoms with Gasteiger partial charge < -0.3 is 15.7 Å². The molecule has 0 aliphatic heterocycles. The quantitative estimate of drug-likeness (QED) is 0.672. The van der Waals surface area contributed by atoms with E-state index in [1.54, 1.807) is 6.20 Å². The molecular weight excluding hydrogens is 268 g/mol. The average Bonchev–Trinajstić information content (AvgIpc) is 3.03. The number of aromatic nitrogens is 2. The third kappa shape index (κ3) is 4.92. The molecule has 2 aromatic rings. The van der Waals surface area contributed by atoms with Gasteiger partial charge in [-0.15, -0.1) is 0 Å². The van der Waals surface area contributed by atoms with Crippen LogP contribution in [0.2, 0.25) is 0 Å². The molecule has 0 saturated heterocycles. The van der Waals surface area contributed by atoms with Crippen molar-refractivity contribution in [3.63, 3.8) is 0 Å². The lowest BCUT2D eigenvalue weighted by Gasteiger charge is -2.17. The Hall–Kier alpha value is -2.34. The van der Waals surface area contributed by atoms with Gasteiger partial charge in [-0.1, -0.05) is 30.3 Å². The molecule has 1 aromatic heterocycles. The maximum atomic E-state index is 11.8. The average molecular weight is 288 g/mol. The number of aryl methyl sites for hydroxylation is 1. The first-order chi connectivity index (χ1) is 10.3. The highest BCUT2D eigenvalue weighted by atomic mass is 16.3. The van der Waals surface area contributed by atoms with Crippen LogP contribution >= 0.6 is 0 Å². The molecule has 2 amide bonds. The number of benzene rings is 1. The first-order valence-corrected chi connectivity index (χ1v) is 6.97. The molecule has 0 aliphatic carbocycles. The first-order valence-electron chi connectivity index (χ1n) is 6.97. The summed E-state index contributed by atoms with van der Waals surface area (Å²) in [6.45, 7) is 1.18. The summed E-state index contributed by atoms with van der Waals surface area (Å²) < 4.78 is 1.82. The number of aliphatic hydroxyl groups excluding tert-OH is 1. The summed E-state index contributed by atoms with van der Waals surface area (Å²) in [5.41, 5.74) is 0.881. The molecule has 0 spiro atoms. The molecule has 2 rings (SSSR count). The molecule has 6 heteroatoms. The monoisotopic (exact) mass is 288 g/mol. The number of urea groups is 1. The number of rotatable bonds is 7. The van der Waals surface area contributed by atoms with E-state index in [0.717, 1.165) is 18.5 Å². The Morgan fingerprint density at radius 1 is 1.29 bits per heavy atom. The molecule has 0 saturated carbocycles. The molecule has 112 valence electrons. The van der Waals surface area contributed by atoms with Crippen molar-refractivity contribution in [1.29, 1.82) is 0 Å². The molecule has 0 fully saturated rings. The molecule has 0 bridgehead atoms. The zero-order valence-electron chi connectivity index (χ0n) is 11.8. The largest absolute Gasteiger partial charge is 0.394 e. The van der Waals surface area contributed by atoms with E-state index in [1.165, 1.54) is 0 Å². The summed E-state index contributed by atoms with van der Waals surface area (Å²) in [7, 11) is 0. The van der Waals surface area contributed by atoms with E-state index < -0.39 is 6.04 Å². The molecule has 1 atom stereocenters. The van der Waals surface area contributed by atoms with Crippen LogP contribution in [0.1, 0.15) is 18.0 Å². The number of hydrogen-bond donors (Lipinski definition) is 3. The number of nitrogens with one attached hydrogen (secondary N) is 2. The van der Waals surface area contributed by atoms with Gasteiger partial charge in [-0.05, 0) is 18.1 Å². The molecule has 3 N–H and O–H groups in total. The summed E-state index contributed by atoms with van der Waals surface area (Å²) in [6.07, 6.45) is 4.41. The minimum atomic E-state index is -0.391. The summed E-state index contributed by atoms with van der Waals surface area (Å²) in [5, 5.41) is 19.0. The maximum Gasteiger partial charge on any atom is 0.315 e. The zero-order valence-corrected chi connectivity index (χ0v) is 11.8. The van der Waals surface area contributed by atoms with Crippen LogP contribution in [0.5, 0.6) is 0 Å². The third-order valence-corrected chi connectivity index (χ3v) is 3.10. The van der Waals surface area contributed by atoms with Crippen LogP contribution < -0.4 is 10.6 Å². The highest BCUT2D eigenvalue weighted by Gasteiger charge is 2.12. The van der Waals surface area contributed by atoms with Crippen molar-refractivity contribution in [2.24, 2.45) is 0 Å². The highest BCUT2D eigenvalue weighted by Crippen LogP contribution is 2.10. The number of amides is 2. The van der Waals surface area contributed by atoms with Crippen molar-refractivity contribution in [2.45, 2.75) is 19.0 Å². The predicted molar refractivity (Wildman–Crippen MR) is 79.6 cm³/mol. The standard InChI is InChI=1S/C15H20N4O2/c20-12-14(13-6-2-1-3-7-13)18-15(21)16-8-4-10-19-11-5-9-17-19/h1-3,5-7,9,11,14,20H,4,8,10,12H2,(H2,16,18,21). The zero-order chi connectivity index (χ0) is 14.9. The number of carbonyl (C=O) groups excluding carboxylic acids is 1. The number of aliphatic hydroxyl groups is 1. The Balaban J connectivity index is 1.70. The van der Waals surface area contributed by atoms with Gasteiger partial charge in [-0.2, -0.15) is 5.10 Å². The Morgan fingerprint density at radius 2 is 2.10 bits per heavy atom. The second-order valence-electron chi connectivity index (χ2n) is 4.67. The van der Waals surface area contributed by atoms with Crippen LogP contribution in [0.3, 0.4) is 0 Å². The fraction of sp³-hybridized carbons (Fsp3) is 0.333. The molecule has 1 aromatic carbocycles. The van der Waals surface area contributed by atoms with Gasteiger partial charge in [0.05, 0.1) is 12.6 Å². The van der Waals surface area contributed by atoms with Crippen molar-refractivity contribution in [2.75, 3.05) is 13.2 Å². The normalized spacial score (nSPS) is 11.9. The van der Waals surface area contributed by atoms with Crippen LogP contribution in [-0.2, 0) is 6.54 Å². The molecule has 6 nitrogen and oxygen atoms in total. The second-order valence-corrected chi connectivity index (χ2v) is 4.67. The Bertz CT molecular complexity index is 528. The van der Waals surface area contributed by atoms with Gasteiger partial charge in [0, 0.05) is 25.5 Å². The minimum Gasteiger partial charge on any atom is -0.394 e. The van der Waals surface area contributed by atoms with E-state index in [0.29, 0.717) is 6.54 Å². The van der Waals surface area contributed by atoms with Crippen molar-refractivity contribution in [3.8, 4) is 0 Å². The van der Waals surface area contributed by atoms with Crippen LogP contribution in [0.4, 0.5) is 4.79 Å². The van der Waals surface area contributed by atoms with Crippen LogP contribution in [0, 0.1) is 0 Å². The van der Waals surface area contributed by atoms with Crippen molar-refractivity contribution >= 4 is 6.03 Å². The van der Waals surface area contributed by atoms with E-state index in [9.17, 15) is 9.90 Å². The van der Waals surface area contributed by atoms with Gasteiger partial charge in [-0.3, -0.25) is 4.68 Å². The van der Waals surface area contributed by atoms with E-state index in [-0.39, 0.29) is 12.6 Å². The summed E-state index contributed by atoms with van der Waals surface area (Å²) in [4.78, 5) is 11.8. The van der Waals surface area contributed by atoms with E-state index in [2.05, 4.69) is 15.7 Å². The number of hydrogen-bond acceptors (Lipinski definition) is 3. The topological polar surface area (TPSA) is 79.2 Å². The van der Waals surface area contributed by atoms with Crippen molar-refractivity contribution in [3.05, 3.63) is 54.4 Å². The predicted octanol–water partition coefficient (Wildman–Crippen LogP) is 1.31. The summed E-state index contributed by atoms with van der Waals surface area (Å²) in [6, 6.07) is 10.6. The van der Waals surface area contributed by atoms with Gasteiger partial charge in [0.1, 0.15) is 0 Å². The molecule has 0 aliphatic rings. The van der Waals surface area contributed by atoms with E-state index in [1.807, 2.05) is 47.3 Å². The van der Waals surface area contributed by atoms with Crippen LogP contribution in [0.15, 0.2) is 48.8 Å². The molecular formula is C15H20N4O2. The lowest BCUT2D eigenvalue weighted by Crippen LogP contribution is -2.39. The highest BCUT2D eigenvalue weighted by molar-refractivity contribution is 5.74. The van der Waals surface area contributed by atoms with Gasteiger partial charge in [0.25, 0.3) is 0 Å². The van der Waals surface area contributed by atoms with E-state index >= 15 is 0 Å². The fourth-order valence-corrected chi connectivity index (χ4v) is 2.00. The van der Waals surface area contributed by atoms with E-state index in [4.69, 9.17) is 0 Å². The molecule has 1 heterocycles. The van der Waals surface area contributed by atoms with Gasteiger partial charge in [0.15, 0.2) is 0 Å². The number of nitrogens with zero attached hydrogens (tertiary/aromatic N) is 2. The minimum absolute atomic E-state index is 0.134. The molecule has 1 unspecified atom stereocenters. The molecule has 0 radical (unpaired) electrons. The molecule has 21 heavy (non-hydrogen) atoms. The van der Waals surface area contributed by atoms with Gasteiger partial charge >= 0.3 is 6.03 Å². The summed E-state index contributed by atoms with van der Waals surface area (Å²) >= 11 is 0. The Kier molecular flexibility index (Phi) is 5.78. The Morgan fingerprint density at radius 3 is 2.76 bits per heavy atom. The summed E-state index contributed by atoms with van der Waals surface area (Å²) in [5.74, 6) is 0. The SMILES string of the molecule is O=C(NCCCn1cccn1)NC(CO)c1ccccc1. The number of carbonyl (C=O) groups is 1. The van der Waals surface area contributed by atoms with Gasteiger partial charge in [0.2, 0.25) is 0 Å². The fourth-order valence-electron chi connectivity index (χ4n) is 2.00. The van der Waals surface area contributed by atoms with Gasteiger partial charge in [-0.25, -0.2) is 4.79 Å². The lowest BCUT2D eigenvalue weighted by atomic mass is 10.1. The van der Waals surface area contributed by atoms with Crippen LogP contribution in [-0.4, -0.2) is 34.1 Å². The third-order valence-electron chi connectivity index (χ3n) is 3.10. The van der Waals surface area contributed by atoms with Crippen LogP contribution in [0.25, 0.3) is 0 Å². The first kappa shape index (κ1) is 15.1. The second kappa shape index (κ2) is 8.06.